The van der Waals surface area contributed by atoms with Gasteiger partial charge in [-0.25, -0.2) is 8.78 Å². The fourth-order valence-electron chi connectivity index (χ4n) is 1.12. The SMILES string of the molecule is COc1ccc(C(N)C(F)F)c(Br)c1O. The van der Waals surface area contributed by atoms with Gasteiger partial charge in [-0.15, -0.1) is 0 Å². The first-order valence-electron chi connectivity index (χ1n) is 4.08. The number of phenolic OH excluding ortho intramolecular Hbond substituents is 1. The molecule has 1 atom stereocenters. The third-order valence-electron chi connectivity index (χ3n) is 1.96. The molecular weight excluding hydrogens is 272 g/mol. The zero-order valence-corrected chi connectivity index (χ0v) is 9.46. The maximum atomic E-state index is 12.3. The van der Waals surface area contributed by atoms with Gasteiger partial charge in [0.25, 0.3) is 6.43 Å². The maximum Gasteiger partial charge on any atom is 0.257 e. The molecule has 84 valence electrons. The van der Waals surface area contributed by atoms with Crippen LogP contribution in [0.2, 0.25) is 0 Å². The lowest BCUT2D eigenvalue weighted by Gasteiger charge is -2.15. The quantitative estimate of drug-likeness (QED) is 0.895. The van der Waals surface area contributed by atoms with Gasteiger partial charge in [-0.2, -0.15) is 0 Å². The molecule has 0 radical (unpaired) electrons. The summed E-state index contributed by atoms with van der Waals surface area (Å²) < 4.78 is 29.6. The lowest BCUT2D eigenvalue weighted by atomic mass is 10.1. The van der Waals surface area contributed by atoms with Crippen LogP contribution in [0.15, 0.2) is 16.6 Å². The second kappa shape index (κ2) is 4.76. The second-order valence-corrected chi connectivity index (χ2v) is 3.67. The van der Waals surface area contributed by atoms with Gasteiger partial charge in [-0.1, -0.05) is 6.07 Å². The Balaban J connectivity index is 3.17. The van der Waals surface area contributed by atoms with Crippen LogP contribution in [-0.2, 0) is 0 Å². The fraction of sp³-hybridized carbons (Fsp3) is 0.333. The normalized spacial score (nSPS) is 12.9. The topological polar surface area (TPSA) is 55.5 Å². The van der Waals surface area contributed by atoms with Crippen molar-refractivity contribution in [2.24, 2.45) is 5.73 Å². The van der Waals surface area contributed by atoms with Crippen LogP contribution in [0.4, 0.5) is 8.78 Å². The molecular formula is C9H10BrF2NO2. The number of methoxy groups -OCH3 is 1. The molecule has 1 aromatic rings. The first-order chi connectivity index (χ1) is 6.99. The monoisotopic (exact) mass is 281 g/mol. The van der Waals surface area contributed by atoms with Crippen LogP contribution in [-0.4, -0.2) is 18.6 Å². The molecule has 1 unspecified atom stereocenters. The van der Waals surface area contributed by atoms with Gasteiger partial charge in [0.1, 0.15) is 0 Å². The van der Waals surface area contributed by atoms with Gasteiger partial charge >= 0.3 is 0 Å². The van der Waals surface area contributed by atoms with Crippen LogP contribution < -0.4 is 10.5 Å². The number of benzene rings is 1. The maximum absolute atomic E-state index is 12.3. The first kappa shape index (κ1) is 12.2. The molecule has 0 heterocycles. The Morgan fingerprint density at radius 2 is 2.07 bits per heavy atom. The standard InChI is InChI=1S/C9H10BrF2NO2/c1-15-5-3-2-4(6(10)8(5)14)7(13)9(11)12/h2-3,7,9,14H,13H2,1H3. The summed E-state index contributed by atoms with van der Waals surface area (Å²) in [4.78, 5) is 0. The summed E-state index contributed by atoms with van der Waals surface area (Å²) in [6.07, 6.45) is -2.69. The van der Waals surface area contributed by atoms with Crippen LogP contribution in [0.3, 0.4) is 0 Å². The number of alkyl halides is 2. The highest BCUT2D eigenvalue weighted by molar-refractivity contribution is 9.10. The number of ether oxygens (including phenoxy) is 1. The Hall–Kier alpha value is -0.880. The van der Waals surface area contributed by atoms with E-state index in [1.54, 1.807) is 0 Å². The number of hydrogen-bond acceptors (Lipinski definition) is 3. The molecule has 0 saturated heterocycles. The predicted octanol–water partition coefficient (Wildman–Crippen LogP) is 2.43. The summed E-state index contributed by atoms with van der Waals surface area (Å²) >= 11 is 3.00. The Kier molecular flexibility index (Phi) is 3.87. The molecule has 1 aromatic carbocycles. The molecule has 3 nitrogen and oxygen atoms in total. The molecule has 6 heteroatoms. The minimum absolute atomic E-state index is 0.134. The van der Waals surface area contributed by atoms with E-state index in [1.807, 2.05) is 0 Å². The Labute approximate surface area is 94.0 Å². The van der Waals surface area contributed by atoms with Crippen LogP contribution in [0.5, 0.6) is 11.5 Å². The number of halogens is 3. The van der Waals surface area contributed by atoms with Crippen LogP contribution in [0, 0.1) is 0 Å². The highest BCUT2D eigenvalue weighted by Gasteiger charge is 2.22. The van der Waals surface area contributed by atoms with E-state index in [9.17, 15) is 13.9 Å². The summed E-state index contributed by atoms with van der Waals surface area (Å²) in [6.45, 7) is 0. The lowest BCUT2D eigenvalue weighted by molar-refractivity contribution is 0.116. The molecule has 0 saturated carbocycles. The van der Waals surface area contributed by atoms with Gasteiger partial charge < -0.3 is 15.6 Å². The summed E-state index contributed by atoms with van der Waals surface area (Å²) in [5, 5.41) is 9.54. The van der Waals surface area contributed by atoms with E-state index in [1.165, 1.54) is 19.2 Å². The van der Waals surface area contributed by atoms with Crippen molar-refractivity contribution in [2.75, 3.05) is 7.11 Å². The Morgan fingerprint density at radius 1 is 1.47 bits per heavy atom. The highest BCUT2D eigenvalue weighted by atomic mass is 79.9. The summed E-state index contributed by atoms with van der Waals surface area (Å²) in [5.74, 6) is -0.0295. The van der Waals surface area contributed by atoms with E-state index in [2.05, 4.69) is 15.9 Å². The largest absolute Gasteiger partial charge is 0.503 e. The molecule has 0 fully saturated rings. The zero-order valence-electron chi connectivity index (χ0n) is 7.88. The predicted molar refractivity (Wildman–Crippen MR) is 55.3 cm³/mol. The van der Waals surface area contributed by atoms with E-state index < -0.39 is 12.5 Å². The number of hydrogen-bond donors (Lipinski definition) is 2. The van der Waals surface area contributed by atoms with Gasteiger partial charge in [0.05, 0.1) is 17.6 Å². The average Bonchev–Trinajstić information content (AvgIpc) is 2.21. The van der Waals surface area contributed by atoms with Crippen molar-refractivity contribution in [3.05, 3.63) is 22.2 Å². The van der Waals surface area contributed by atoms with E-state index in [0.29, 0.717) is 0 Å². The fourth-order valence-corrected chi connectivity index (χ4v) is 1.71. The third-order valence-corrected chi connectivity index (χ3v) is 2.79. The van der Waals surface area contributed by atoms with E-state index in [4.69, 9.17) is 10.5 Å². The van der Waals surface area contributed by atoms with Gasteiger partial charge in [0, 0.05) is 0 Å². The number of rotatable bonds is 3. The zero-order chi connectivity index (χ0) is 11.6. The smallest absolute Gasteiger partial charge is 0.257 e. The van der Waals surface area contributed by atoms with Crippen molar-refractivity contribution < 1.29 is 18.6 Å². The Bertz CT molecular complexity index is 360. The van der Waals surface area contributed by atoms with Crippen molar-refractivity contribution in [2.45, 2.75) is 12.5 Å². The molecule has 0 spiro atoms. The van der Waals surface area contributed by atoms with E-state index in [-0.39, 0.29) is 21.5 Å². The third kappa shape index (κ3) is 2.38. The van der Waals surface area contributed by atoms with Crippen LogP contribution in [0.25, 0.3) is 0 Å². The summed E-state index contributed by atoms with van der Waals surface area (Å²) in [5.41, 5.74) is 5.41. The lowest BCUT2D eigenvalue weighted by Crippen LogP contribution is -2.19. The summed E-state index contributed by atoms with van der Waals surface area (Å²) in [7, 11) is 1.37. The second-order valence-electron chi connectivity index (χ2n) is 2.88. The van der Waals surface area contributed by atoms with E-state index >= 15 is 0 Å². The van der Waals surface area contributed by atoms with Gasteiger partial charge in [-0.3, -0.25) is 0 Å². The molecule has 0 aliphatic rings. The minimum atomic E-state index is -2.69. The van der Waals surface area contributed by atoms with Crippen LogP contribution in [0.1, 0.15) is 11.6 Å². The van der Waals surface area contributed by atoms with E-state index in [0.717, 1.165) is 0 Å². The van der Waals surface area contributed by atoms with Gasteiger partial charge in [0.15, 0.2) is 11.5 Å². The molecule has 0 amide bonds. The van der Waals surface area contributed by atoms with Gasteiger partial charge in [-0.05, 0) is 27.6 Å². The minimum Gasteiger partial charge on any atom is -0.503 e. The summed E-state index contributed by atoms with van der Waals surface area (Å²) in [6, 6.07) is 1.34. The molecule has 1 rings (SSSR count). The highest BCUT2D eigenvalue weighted by Crippen LogP contribution is 2.39. The number of nitrogens with two attached hydrogens (primary N) is 1. The van der Waals surface area contributed by atoms with Gasteiger partial charge in [0.2, 0.25) is 0 Å². The molecule has 15 heavy (non-hydrogen) atoms. The molecule has 0 aromatic heterocycles. The van der Waals surface area contributed by atoms with Crippen molar-refractivity contribution in [3.63, 3.8) is 0 Å². The number of phenols is 1. The van der Waals surface area contributed by atoms with Crippen LogP contribution >= 0.6 is 15.9 Å². The van der Waals surface area contributed by atoms with Crippen molar-refractivity contribution in [1.29, 1.82) is 0 Å². The molecule has 3 N–H and O–H groups in total. The molecule has 0 aliphatic carbocycles. The molecule has 0 bridgehead atoms. The van der Waals surface area contributed by atoms with Crippen molar-refractivity contribution >= 4 is 15.9 Å². The van der Waals surface area contributed by atoms with Crippen molar-refractivity contribution in [3.8, 4) is 11.5 Å². The number of aromatic hydroxyl groups is 1. The average molecular weight is 282 g/mol. The Morgan fingerprint density at radius 3 is 2.53 bits per heavy atom. The molecule has 0 aliphatic heterocycles. The first-order valence-corrected chi connectivity index (χ1v) is 4.87. The van der Waals surface area contributed by atoms with Crippen molar-refractivity contribution in [1.82, 2.24) is 0 Å².